The second-order valence-electron chi connectivity index (χ2n) is 7.52. The second-order valence-corrected chi connectivity index (χ2v) is 9.26. The zero-order valence-electron chi connectivity index (χ0n) is 17.1. The Morgan fingerprint density at radius 3 is 2.38 bits per heavy atom. The lowest BCUT2D eigenvalue weighted by molar-refractivity contribution is -0.114. The molecule has 0 aromatic heterocycles. The molecule has 0 atom stereocenters. The van der Waals surface area contributed by atoms with Gasteiger partial charge in [0, 0.05) is 37.9 Å². The second kappa shape index (κ2) is 9.41. The van der Waals surface area contributed by atoms with Gasteiger partial charge in [-0.25, -0.2) is 13.1 Å². The SMILES string of the molecule is CC(=O)Nc1ccc(S(=O)(=O)NCCCc2ccc(N3CCCC3)cc2)c(C)c1. The number of amides is 1. The van der Waals surface area contributed by atoms with E-state index in [1.165, 1.54) is 37.1 Å². The number of rotatable bonds is 8. The Morgan fingerprint density at radius 2 is 1.76 bits per heavy atom. The molecule has 156 valence electrons. The van der Waals surface area contributed by atoms with Crippen molar-refractivity contribution in [2.45, 2.75) is 44.4 Å². The van der Waals surface area contributed by atoms with Crippen molar-refractivity contribution in [2.24, 2.45) is 0 Å². The number of hydrogen-bond acceptors (Lipinski definition) is 4. The molecule has 0 radical (unpaired) electrons. The van der Waals surface area contributed by atoms with Crippen LogP contribution in [0.2, 0.25) is 0 Å². The third-order valence-electron chi connectivity index (χ3n) is 5.13. The van der Waals surface area contributed by atoms with Crippen LogP contribution in [0.5, 0.6) is 0 Å². The van der Waals surface area contributed by atoms with Gasteiger partial charge in [-0.1, -0.05) is 12.1 Å². The minimum absolute atomic E-state index is 0.188. The van der Waals surface area contributed by atoms with Crippen molar-refractivity contribution in [2.75, 3.05) is 29.9 Å². The lowest BCUT2D eigenvalue weighted by atomic mass is 10.1. The summed E-state index contributed by atoms with van der Waals surface area (Å²) >= 11 is 0. The Kier molecular flexibility index (Phi) is 6.92. The summed E-state index contributed by atoms with van der Waals surface area (Å²) in [4.78, 5) is 13.8. The molecule has 1 heterocycles. The summed E-state index contributed by atoms with van der Waals surface area (Å²) in [6.45, 7) is 5.78. The number of nitrogens with zero attached hydrogens (tertiary/aromatic N) is 1. The average Bonchev–Trinajstić information content (AvgIpc) is 3.20. The lowest BCUT2D eigenvalue weighted by Gasteiger charge is -2.17. The molecule has 1 amide bonds. The van der Waals surface area contributed by atoms with E-state index in [0.29, 0.717) is 17.8 Å². The zero-order chi connectivity index (χ0) is 20.9. The van der Waals surface area contributed by atoms with Crippen molar-refractivity contribution >= 4 is 27.3 Å². The smallest absolute Gasteiger partial charge is 0.240 e. The number of sulfonamides is 1. The van der Waals surface area contributed by atoms with Crippen molar-refractivity contribution < 1.29 is 13.2 Å². The molecule has 7 heteroatoms. The van der Waals surface area contributed by atoms with Crippen LogP contribution < -0.4 is 14.9 Å². The Hall–Kier alpha value is -2.38. The van der Waals surface area contributed by atoms with Gasteiger partial charge in [-0.2, -0.15) is 0 Å². The molecule has 0 bridgehead atoms. The van der Waals surface area contributed by atoms with Crippen molar-refractivity contribution in [3.63, 3.8) is 0 Å². The number of benzene rings is 2. The van der Waals surface area contributed by atoms with Crippen molar-refractivity contribution in [3.05, 3.63) is 53.6 Å². The standard InChI is InChI=1S/C22H29N3O3S/c1-17-16-20(24-18(2)26)9-12-22(17)29(27,28)23-13-5-6-19-7-10-21(11-8-19)25-14-3-4-15-25/h7-12,16,23H,3-6,13-15H2,1-2H3,(H,24,26). The molecule has 2 aromatic rings. The van der Waals surface area contributed by atoms with E-state index >= 15 is 0 Å². The largest absolute Gasteiger partial charge is 0.372 e. The van der Waals surface area contributed by atoms with Gasteiger partial charge in [0.2, 0.25) is 15.9 Å². The first-order valence-electron chi connectivity index (χ1n) is 10.1. The van der Waals surface area contributed by atoms with Gasteiger partial charge in [0.05, 0.1) is 4.90 Å². The summed E-state index contributed by atoms with van der Waals surface area (Å²) < 4.78 is 27.9. The van der Waals surface area contributed by atoms with E-state index in [1.807, 2.05) is 0 Å². The van der Waals surface area contributed by atoms with Crippen LogP contribution in [0.15, 0.2) is 47.4 Å². The predicted octanol–water partition coefficient (Wildman–Crippen LogP) is 3.46. The van der Waals surface area contributed by atoms with Crippen LogP contribution in [0.1, 0.15) is 37.3 Å². The van der Waals surface area contributed by atoms with E-state index in [0.717, 1.165) is 25.9 Å². The van der Waals surface area contributed by atoms with E-state index in [9.17, 15) is 13.2 Å². The Bertz CT molecular complexity index is 950. The van der Waals surface area contributed by atoms with Crippen LogP contribution >= 0.6 is 0 Å². The maximum Gasteiger partial charge on any atom is 0.240 e. The zero-order valence-corrected chi connectivity index (χ0v) is 17.9. The molecule has 1 fully saturated rings. The van der Waals surface area contributed by atoms with Gasteiger partial charge in [0.1, 0.15) is 0 Å². The number of anilines is 2. The quantitative estimate of drug-likeness (QED) is 0.647. The van der Waals surface area contributed by atoms with Crippen molar-refractivity contribution in [1.29, 1.82) is 0 Å². The van der Waals surface area contributed by atoms with Gasteiger partial charge in [-0.3, -0.25) is 4.79 Å². The van der Waals surface area contributed by atoms with Crippen molar-refractivity contribution in [1.82, 2.24) is 4.72 Å². The summed E-state index contributed by atoms with van der Waals surface area (Å²) in [6.07, 6.45) is 4.07. The van der Waals surface area contributed by atoms with Gasteiger partial charge < -0.3 is 10.2 Å². The van der Waals surface area contributed by atoms with E-state index in [1.54, 1.807) is 19.1 Å². The Balaban J connectivity index is 1.51. The molecule has 0 aliphatic carbocycles. The fraction of sp³-hybridized carbons (Fsp3) is 0.409. The van der Waals surface area contributed by atoms with E-state index in [4.69, 9.17) is 0 Å². The number of carbonyl (C=O) groups excluding carboxylic acids is 1. The highest BCUT2D eigenvalue weighted by molar-refractivity contribution is 7.89. The first kappa shape index (κ1) is 21.3. The number of hydrogen-bond donors (Lipinski definition) is 2. The third kappa shape index (κ3) is 5.81. The highest BCUT2D eigenvalue weighted by Crippen LogP contribution is 2.21. The van der Waals surface area contributed by atoms with Crippen LogP contribution in [0.4, 0.5) is 11.4 Å². The molecule has 1 aliphatic rings. The molecule has 3 rings (SSSR count). The average molecular weight is 416 g/mol. The predicted molar refractivity (Wildman–Crippen MR) is 117 cm³/mol. The maximum absolute atomic E-state index is 12.6. The van der Waals surface area contributed by atoms with E-state index < -0.39 is 10.0 Å². The molecule has 29 heavy (non-hydrogen) atoms. The summed E-state index contributed by atoms with van der Waals surface area (Å²) in [5.74, 6) is -0.188. The topological polar surface area (TPSA) is 78.5 Å². The monoisotopic (exact) mass is 415 g/mol. The van der Waals surface area contributed by atoms with Gasteiger partial charge in [-0.05, 0) is 74.1 Å². The first-order chi connectivity index (χ1) is 13.8. The summed E-state index contributed by atoms with van der Waals surface area (Å²) in [7, 11) is -3.58. The Labute approximate surface area is 173 Å². The molecule has 2 N–H and O–H groups in total. The maximum atomic E-state index is 12.6. The summed E-state index contributed by atoms with van der Waals surface area (Å²) in [6, 6.07) is 13.4. The number of aryl methyl sites for hydroxylation is 2. The van der Waals surface area contributed by atoms with Crippen molar-refractivity contribution in [3.8, 4) is 0 Å². The summed E-state index contributed by atoms with van der Waals surface area (Å²) in [5, 5.41) is 2.66. The van der Waals surface area contributed by atoms with E-state index in [-0.39, 0.29) is 10.8 Å². The van der Waals surface area contributed by atoms with Crippen LogP contribution in [0, 0.1) is 6.92 Å². The van der Waals surface area contributed by atoms with Gasteiger partial charge >= 0.3 is 0 Å². The fourth-order valence-electron chi connectivity index (χ4n) is 3.66. The summed E-state index contributed by atoms with van der Waals surface area (Å²) in [5.41, 5.74) is 3.67. The van der Waals surface area contributed by atoms with Gasteiger partial charge in [-0.15, -0.1) is 0 Å². The van der Waals surface area contributed by atoms with Gasteiger partial charge in [0.15, 0.2) is 0 Å². The highest BCUT2D eigenvalue weighted by Gasteiger charge is 2.17. The molecular weight excluding hydrogens is 386 g/mol. The highest BCUT2D eigenvalue weighted by atomic mass is 32.2. The van der Waals surface area contributed by atoms with Crippen LogP contribution in [0.3, 0.4) is 0 Å². The van der Waals surface area contributed by atoms with Crippen LogP contribution in [-0.2, 0) is 21.2 Å². The molecule has 0 saturated carbocycles. The minimum atomic E-state index is -3.58. The number of carbonyl (C=O) groups is 1. The minimum Gasteiger partial charge on any atom is -0.372 e. The molecule has 1 aliphatic heterocycles. The molecular formula is C22H29N3O3S. The Morgan fingerprint density at radius 1 is 1.07 bits per heavy atom. The molecule has 1 saturated heterocycles. The van der Waals surface area contributed by atoms with Gasteiger partial charge in [0.25, 0.3) is 0 Å². The molecule has 0 unspecified atom stereocenters. The first-order valence-corrected chi connectivity index (χ1v) is 11.6. The van der Waals surface area contributed by atoms with Crippen LogP contribution in [0.25, 0.3) is 0 Å². The molecule has 2 aromatic carbocycles. The number of nitrogens with one attached hydrogen (secondary N) is 2. The molecule has 6 nitrogen and oxygen atoms in total. The normalized spacial score (nSPS) is 14.2. The third-order valence-corrected chi connectivity index (χ3v) is 6.75. The molecule has 0 spiro atoms. The lowest BCUT2D eigenvalue weighted by Crippen LogP contribution is -2.26. The van der Waals surface area contributed by atoms with Crippen LogP contribution in [-0.4, -0.2) is 34.0 Å². The fourth-order valence-corrected chi connectivity index (χ4v) is 4.96. The van der Waals surface area contributed by atoms with E-state index in [2.05, 4.69) is 39.2 Å².